The molecule has 0 aliphatic heterocycles. The predicted octanol–water partition coefficient (Wildman–Crippen LogP) is 0.759. The first-order chi connectivity index (χ1) is 5.81. The first kappa shape index (κ1) is 7.24. The van der Waals surface area contributed by atoms with Gasteiger partial charge >= 0.3 is 0 Å². The van der Waals surface area contributed by atoms with Crippen molar-refractivity contribution < 1.29 is 5.11 Å². The van der Waals surface area contributed by atoms with Gasteiger partial charge in [-0.25, -0.2) is 9.97 Å². The molecule has 0 aliphatic rings. The van der Waals surface area contributed by atoms with E-state index in [0.29, 0.717) is 5.65 Å². The van der Waals surface area contributed by atoms with Crippen molar-refractivity contribution in [3.63, 3.8) is 0 Å². The summed E-state index contributed by atoms with van der Waals surface area (Å²) in [4.78, 5) is 11.2. The Morgan fingerprint density at radius 3 is 3.17 bits per heavy atom. The number of H-pyrrole nitrogens is 1. The molecule has 2 heterocycles. The Morgan fingerprint density at radius 1 is 1.58 bits per heavy atom. The van der Waals surface area contributed by atoms with Gasteiger partial charge in [0, 0.05) is 11.8 Å². The van der Waals surface area contributed by atoms with E-state index in [0.717, 1.165) is 16.9 Å². The molecule has 0 radical (unpaired) electrons. The van der Waals surface area contributed by atoms with E-state index in [-0.39, 0.29) is 6.61 Å². The molecule has 2 rings (SSSR count). The highest BCUT2D eigenvalue weighted by Gasteiger charge is 2.03. The smallest absolute Gasteiger partial charge is 0.178 e. The summed E-state index contributed by atoms with van der Waals surface area (Å²) in [6.45, 7) is 1.88. The molecule has 0 aromatic carbocycles. The maximum Gasteiger partial charge on any atom is 0.178 e. The number of hydrogen-bond acceptors (Lipinski definition) is 3. The van der Waals surface area contributed by atoms with Gasteiger partial charge in [0.1, 0.15) is 5.82 Å². The third-order valence-corrected chi connectivity index (χ3v) is 1.77. The molecule has 0 unspecified atom stereocenters. The third-order valence-electron chi connectivity index (χ3n) is 1.77. The van der Waals surface area contributed by atoms with Crippen LogP contribution in [0.3, 0.4) is 0 Å². The number of nitrogens with zero attached hydrogens (tertiary/aromatic N) is 2. The molecule has 0 bridgehead atoms. The van der Waals surface area contributed by atoms with Gasteiger partial charge in [-0.3, -0.25) is 0 Å². The fourth-order valence-corrected chi connectivity index (χ4v) is 1.21. The molecule has 2 aromatic rings. The molecule has 0 spiro atoms. The molecule has 4 heteroatoms. The SMILES string of the molecule is Cc1nc2nccc(CO)c2[nH]1. The number of hydrogen-bond donors (Lipinski definition) is 2. The maximum absolute atomic E-state index is 8.97. The monoisotopic (exact) mass is 163 g/mol. The summed E-state index contributed by atoms with van der Waals surface area (Å²) in [7, 11) is 0. The first-order valence-electron chi connectivity index (χ1n) is 3.72. The zero-order valence-corrected chi connectivity index (χ0v) is 6.70. The van der Waals surface area contributed by atoms with Crippen molar-refractivity contribution in [2.24, 2.45) is 0 Å². The van der Waals surface area contributed by atoms with Crippen LogP contribution in [0.15, 0.2) is 12.3 Å². The lowest BCUT2D eigenvalue weighted by atomic mass is 10.2. The molecule has 12 heavy (non-hydrogen) atoms. The lowest BCUT2D eigenvalue weighted by molar-refractivity contribution is 0.283. The Balaban J connectivity index is 2.78. The second-order valence-corrected chi connectivity index (χ2v) is 2.65. The Morgan fingerprint density at radius 2 is 2.42 bits per heavy atom. The first-order valence-corrected chi connectivity index (χ1v) is 3.72. The molecular formula is C8H9N3O. The fraction of sp³-hybridized carbons (Fsp3) is 0.250. The number of nitrogens with one attached hydrogen (secondary N) is 1. The maximum atomic E-state index is 8.97. The minimum atomic E-state index is 0.0145. The lowest BCUT2D eigenvalue weighted by Crippen LogP contribution is -1.86. The van der Waals surface area contributed by atoms with Crippen LogP contribution >= 0.6 is 0 Å². The van der Waals surface area contributed by atoms with E-state index in [1.165, 1.54) is 0 Å². The van der Waals surface area contributed by atoms with E-state index >= 15 is 0 Å². The highest BCUT2D eigenvalue weighted by molar-refractivity contribution is 5.74. The van der Waals surface area contributed by atoms with Crippen LogP contribution in [0.4, 0.5) is 0 Å². The number of pyridine rings is 1. The zero-order valence-electron chi connectivity index (χ0n) is 6.70. The summed E-state index contributed by atoms with van der Waals surface area (Å²) in [5.41, 5.74) is 2.33. The van der Waals surface area contributed by atoms with Crippen molar-refractivity contribution >= 4 is 11.2 Å². The largest absolute Gasteiger partial charge is 0.392 e. The summed E-state index contributed by atoms with van der Waals surface area (Å²) in [6.07, 6.45) is 1.65. The number of aliphatic hydroxyl groups excluding tert-OH is 1. The van der Waals surface area contributed by atoms with Gasteiger partial charge in [-0.15, -0.1) is 0 Å². The second kappa shape index (κ2) is 2.57. The van der Waals surface area contributed by atoms with Crippen molar-refractivity contribution in [3.8, 4) is 0 Å². The molecular weight excluding hydrogens is 154 g/mol. The van der Waals surface area contributed by atoms with Gasteiger partial charge in [-0.2, -0.15) is 0 Å². The van der Waals surface area contributed by atoms with Gasteiger partial charge in [0.15, 0.2) is 5.65 Å². The lowest BCUT2D eigenvalue weighted by Gasteiger charge is -1.94. The van der Waals surface area contributed by atoms with E-state index in [4.69, 9.17) is 5.11 Å². The minimum absolute atomic E-state index is 0.0145. The number of aryl methyl sites for hydroxylation is 1. The molecule has 62 valence electrons. The quantitative estimate of drug-likeness (QED) is 0.652. The Bertz CT molecular complexity index is 408. The van der Waals surface area contributed by atoms with Crippen molar-refractivity contribution in [1.82, 2.24) is 15.0 Å². The minimum Gasteiger partial charge on any atom is -0.392 e. The van der Waals surface area contributed by atoms with E-state index in [1.807, 2.05) is 6.92 Å². The van der Waals surface area contributed by atoms with E-state index < -0.39 is 0 Å². The summed E-state index contributed by atoms with van der Waals surface area (Å²) >= 11 is 0. The van der Waals surface area contributed by atoms with Gasteiger partial charge in [0.25, 0.3) is 0 Å². The van der Waals surface area contributed by atoms with Gasteiger partial charge in [-0.05, 0) is 13.0 Å². The van der Waals surface area contributed by atoms with Crippen molar-refractivity contribution in [2.45, 2.75) is 13.5 Å². The number of aliphatic hydroxyl groups is 1. The van der Waals surface area contributed by atoms with Crippen LogP contribution in [0, 0.1) is 6.92 Å². The number of fused-ring (bicyclic) bond motifs is 1. The van der Waals surface area contributed by atoms with Gasteiger partial charge in [-0.1, -0.05) is 0 Å². The Kier molecular flexibility index (Phi) is 1.55. The predicted molar refractivity (Wildman–Crippen MR) is 44.5 cm³/mol. The van der Waals surface area contributed by atoms with E-state index in [1.54, 1.807) is 12.3 Å². The topological polar surface area (TPSA) is 61.8 Å². The van der Waals surface area contributed by atoms with Crippen molar-refractivity contribution in [2.75, 3.05) is 0 Å². The summed E-state index contributed by atoms with van der Waals surface area (Å²) in [5.74, 6) is 0.818. The van der Waals surface area contributed by atoms with Crippen LogP contribution < -0.4 is 0 Å². The van der Waals surface area contributed by atoms with Crippen LogP contribution in [0.25, 0.3) is 11.2 Å². The van der Waals surface area contributed by atoms with Crippen molar-refractivity contribution in [1.29, 1.82) is 0 Å². The molecule has 0 aliphatic carbocycles. The molecule has 4 nitrogen and oxygen atoms in total. The molecule has 0 amide bonds. The van der Waals surface area contributed by atoms with Gasteiger partial charge in [0.05, 0.1) is 12.1 Å². The van der Waals surface area contributed by atoms with E-state index in [2.05, 4.69) is 15.0 Å². The molecule has 0 fully saturated rings. The van der Waals surface area contributed by atoms with Crippen LogP contribution in [0.1, 0.15) is 11.4 Å². The van der Waals surface area contributed by atoms with Crippen LogP contribution in [-0.4, -0.2) is 20.1 Å². The third kappa shape index (κ3) is 0.967. The summed E-state index contributed by atoms with van der Waals surface area (Å²) in [5, 5.41) is 8.97. The molecule has 2 N–H and O–H groups in total. The average molecular weight is 163 g/mol. The average Bonchev–Trinajstić information content (AvgIpc) is 2.44. The van der Waals surface area contributed by atoms with E-state index in [9.17, 15) is 0 Å². The molecule has 2 aromatic heterocycles. The number of rotatable bonds is 1. The summed E-state index contributed by atoms with van der Waals surface area (Å²) in [6, 6.07) is 1.78. The summed E-state index contributed by atoms with van der Waals surface area (Å²) < 4.78 is 0. The van der Waals surface area contributed by atoms with Crippen LogP contribution in [0.5, 0.6) is 0 Å². The second-order valence-electron chi connectivity index (χ2n) is 2.65. The number of aromatic amines is 1. The number of imidazole rings is 1. The van der Waals surface area contributed by atoms with Gasteiger partial charge in [0.2, 0.25) is 0 Å². The Hall–Kier alpha value is -1.42. The highest BCUT2D eigenvalue weighted by atomic mass is 16.3. The van der Waals surface area contributed by atoms with Gasteiger partial charge < -0.3 is 10.1 Å². The molecule has 0 saturated heterocycles. The van der Waals surface area contributed by atoms with Crippen LogP contribution in [0.2, 0.25) is 0 Å². The van der Waals surface area contributed by atoms with Crippen LogP contribution in [-0.2, 0) is 6.61 Å². The molecule has 0 saturated carbocycles. The van der Waals surface area contributed by atoms with Crippen molar-refractivity contribution in [3.05, 3.63) is 23.7 Å². The normalized spacial score (nSPS) is 10.8. The Labute approximate surface area is 69.3 Å². The molecule has 0 atom stereocenters. The highest BCUT2D eigenvalue weighted by Crippen LogP contribution is 2.13. The zero-order chi connectivity index (χ0) is 8.55. The number of aromatic nitrogens is 3. The fourth-order valence-electron chi connectivity index (χ4n) is 1.21. The standard InChI is InChI=1S/C8H9N3O/c1-5-10-7-6(4-12)2-3-9-8(7)11-5/h2-3,12H,4H2,1H3,(H,9,10,11).